The number of amides is 1. The van der Waals surface area contributed by atoms with Crippen LogP contribution in [0.4, 0.5) is 11.4 Å². The average Bonchev–Trinajstić information content (AvgIpc) is 2.56. The molecule has 3 rings (SSSR count). The van der Waals surface area contributed by atoms with Crippen molar-refractivity contribution in [3.8, 4) is 0 Å². The Labute approximate surface area is 136 Å². The highest BCUT2D eigenvalue weighted by Crippen LogP contribution is 2.22. The summed E-state index contributed by atoms with van der Waals surface area (Å²) in [5.41, 5.74) is 3.21. The number of aryl methyl sites for hydroxylation is 2. The Hall–Kier alpha value is -2.43. The van der Waals surface area contributed by atoms with Gasteiger partial charge in [0.15, 0.2) is 0 Å². The van der Waals surface area contributed by atoms with Crippen LogP contribution in [0, 0.1) is 13.8 Å². The van der Waals surface area contributed by atoms with E-state index in [2.05, 4.69) is 32.3 Å². The van der Waals surface area contributed by atoms with Crippen molar-refractivity contribution in [1.82, 2.24) is 9.97 Å². The first-order valence-corrected chi connectivity index (χ1v) is 8.10. The third kappa shape index (κ3) is 3.67. The van der Waals surface area contributed by atoms with Gasteiger partial charge in [0.05, 0.1) is 11.3 Å². The van der Waals surface area contributed by atoms with Gasteiger partial charge in [0.25, 0.3) is 5.91 Å². The number of hydrogen-bond acceptors (Lipinski definition) is 4. The van der Waals surface area contributed by atoms with Crippen molar-refractivity contribution in [2.75, 3.05) is 23.3 Å². The normalized spacial score (nSPS) is 14.6. The smallest absolute Gasteiger partial charge is 0.259 e. The SMILES string of the molecule is Cc1ncc(C(=O)Nc2ccc(N3CCCCC3)cc2)c(C)n1. The number of carbonyl (C=O) groups excluding carboxylic acids is 1. The summed E-state index contributed by atoms with van der Waals surface area (Å²) in [6, 6.07) is 8.04. The third-order valence-corrected chi connectivity index (χ3v) is 4.19. The second-order valence-corrected chi connectivity index (χ2v) is 5.97. The Morgan fingerprint density at radius 3 is 2.43 bits per heavy atom. The van der Waals surface area contributed by atoms with E-state index in [0.29, 0.717) is 17.1 Å². The van der Waals surface area contributed by atoms with Crippen molar-refractivity contribution in [1.29, 1.82) is 0 Å². The molecule has 1 fully saturated rings. The fourth-order valence-electron chi connectivity index (χ4n) is 2.91. The van der Waals surface area contributed by atoms with E-state index in [1.165, 1.54) is 24.9 Å². The molecule has 0 spiro atoms. The van der Waals surface area contributed by atoms with Crippen molar-refractivity contribution >= 4 is 17.3 Å². The van der Waals surface area contributed by atoms with Gasteiger partial charge in [0, 0.05) is 30.7 Å². The molecule has 1 aromatic heterocycles. The first-order valence-electron chi connectivity index (χ1n) is 8.10. The summed E-state index contributed by atoms with van der Waals surface area (Å²) in [5, 5.41) is 2.91. The standard InChI is InChI=1S/C18H22N4O/c1-13-17(12-19-14(2)20-13)18(23)21-15-6-8-16(9-7-15)22-10-4-3-5-11-22/h6-9,12H,3-5,10-11H2,1-2H3,(H,21,23). The summed E-state index contributed by atoms with van der Waals surface area (Å²) in [6.07, 6.45) is 5.41. The van der Waals surface area contributed by atoms with Crippen LogP contribution in [0.15, 0.2) is 30.5 Å². The molecule has 0 radical (unpaired) electrons. The zero-order valence-corrected chi connectivity index (χ0v) is 13.7. The second kappa shape index (κ2) is 6.77. The van der Waals surface area contributed by atoms with Crippen molar-refractivity contribution in [2.24, 2.45) is 0 Å². The molecular formula is C18H22N4O. The van der Waals surface area contributed by atoms with Crippen molar-refractivity contribution in [3.05, 3.63) is 47.5 Å². The van der Waals surface area contributed by atoms with E-state index in [-0.39, 0.29) is 5.91 Å². The average molecular weight is 310 g/mol. The van der Waals surface area contributed by atoms with Crippen LogP contribution < -0.4 is 10.2 Å². The van der Waals surface area contributed by atoms with Crippen LogP contribution in [0.1, 0.15) is 41.1 Å². The topological polar surface area (TPSA) is 58.1 Å². The summed E-state index contributed by atoms with van der Waals surface area (Å²) in [7, 11) is 0. The molecule has 1 N–H and O–H groups in total. The largest absolute Gasteiger partial charge is 0.372 e. The Bertz CT molecular complexity index is 691. The van der Waals surface area contributed by atoms with E-state index in [9.17, 15) is 4.79 Å². The number of piperidine rings is 1. The molecule has 0 atom stereocenters. The van der Waals surface area contributed by atoms with Gasteiger partial charge < -0.3 is 10.2 Å². The van der Waals surface area contributed by atoms with Gasteiger partial charge in [-0.2, -0.15) is 0 Å². The Balaban J connectivity index is 1.69. The van der Waals surface area contributed by atoms with Gasteiger partial charge in [-0.05, 0) is 57.4 Å². The van der Waals surface area contributed by atoms with Crippen LogP contribution in [0.25, 0.3) is 0 Å². The molecule has 1 saturated heterocycles. The molecular weight excluding hydrogens is 288 g/mol. The first-order chi connectivity index (χ1) is 11.1. The molecule has 2 aromatic rings. The monoisotopic (exact) mass is 310 g/mol. The van der Waals surface area contributed by atoms with Gasteiger partial charge in [-0.3, -0.25) is 4.79 Å². The molecule has 1 amide bonds. The van der Waals surface area contributed by atoms with E-state index >= 15 is 0 Å². The van der Waals surface area contributed by atoms with Gasteiger partial charge in [0.2, 0.25) is 0 Å². The Kier molecular flexibility index (Phi) is 4.55. The molecule has 1 aromatic carbocycles. The van der Waals surface area contributed by atoms with Crippen LogP contribution >= 0.6 is 0 Å². The zero-order chi connectivity index (χ0) is 16.2. The van der Waals surface area contributed by atoms with Crippen LogP contribution in [-0.2, 0) is 0 Å². The summed E-state index contributed by atoms with van der Waals surface area (Å²) >= 11 is 0. The maximum Gasteiger partial charge on any atom is 0.259 e. The molecule has 120 valence electrons. The summed E-state index contributed by atoms with van der Waals surface area (Å²) in [5.74, 6) is 0.498. The highest BCUT2D eigenvalue weighted by molar-refractivity contribution is 6.04. The van der Waals surface area contributed by atoms with E-state index in [4.69, 9.17) is 0 Å². The van der Waals surface area contributed by atoms with Crippen molar-refractivity contribution in [2.45, 2.75) is 33.1 Å². The number of hydrogen-bond donors (Lipinski definition) is 1. The van der Waals surface area contributed by atoms with Crippen LogP contribution in [0.5, 0.6) is 0 Å². The quantitative estimate of drug-likeness (QED) is 0.944. The number of rotatable bonds is 3. The second-order valence-electron chi connectivity index (χ2n) is 5.97. The molecule has 0 bridgehead atoms. The van der Waals surface area contributed by atoms with Crippen LogP contribution in [0.2, 0.25) is 0 Å². The van der Waals surface area contributed by atoms with Gasteiger partial charge in [-0.1, -0.05) is 0 Å². The minimum atomic E-state index is -0.173. The minimum Gasteiger partial charge on any atom is -0.372 e. The lowest BCUT2D eigenvalue weighted by Crippen LogP contribution is -2.29. The summed E-state index contributed by atoms with van der Waals surface area (Å²) < 4.78 is 0. The van der Waals surface area contributed by atoms with E-state index < -0.39 is 0 Å². The molecule has 1 aliphatic heterocycles. The summed E-state index contributed by atoms with van der Waals surface area (Å²) in [6.45, 7) is 5.87. The zero-order valence-electron chi connectivity index (χ0n) is 13.7. The van der Waals surface area contributed by atoms with Gasteiger partial charge in [-0.15, -0.1) is 0 Å². The molecule has 5 nitrogen and oxygen atoms in total. The molecule has 0 saturated carbocycles. The lowest BCUT2D eigenvalue weighted by molar-refractivity contribution is 0.102. The van der Waals surface area contributed by atoms with Crippen LogP contribution in [0.3, 0.4) is 0 Å². The van der Waals surface area contributed by atoms with Crippen molar-refractivity contribution in [3.63, 3.8) is 0 Å². The predicted octanol–water partition coefficient (Wildman–Crippen LogP) is 3.34. The summed E-state index contributed by atoms with van der Waals surface area (Å²) in [4.78, 5) is 23.1. The highest BCUT2D eigenvalue weighted by Gasteiger charge is 2.13. The van der Waals surface area contributed by atoms with E-state index in [1.807, 2.05) is 26.0 Å². The van der Waals surface area contributed by atoms with Crippen LogP contribution in [-0.4, -0.2) is 29.0 Å². The first kappa shape index (κ1) is 15.5. The van der Waals surface area contributed by atoms with E-state index in [1.54, 1.807) is 6.20 Å². The molecule has 23 heavy (non-hydrogen) atoms. The fraction of sp³-hybridized carbons (Fsp3) is 0.389. The molecule has 1 aliphatic rings. The lowest BCUT2D eigenvalue weighted by atomic mass is 10.1. The molecule has 5 heteroatoms. The van der Waals surface area contributed by atoms with E-state index in [0.717, 1.165) is 18.8 Å². The fourth-order valence-corrected chi connectivity index (χ4v) is 2.91. The Morgan fingerprint density at radius 1 is 1.09 bits per heavy atom. The Morgan fingerprint density at radius 2 is 1.78 bits per heavy atom. The number of nitrogens with zero attached hydrogens (tertiary/aromatic N) is 3. The predicted molar refractivity (Wildman–Crippen MR) is 92.0 cm³/mol. The maximum absolute atomic E-state index is 12.3. The molecule has 2 heterocycles. The van der Waals surface area contributed by atoms with Gasteiger partial charge >= 0.3 is 0 Å². The molecule has 0 unspecified atom stereocenters. The number of nitrogens with one attached hydrogen (secondary N) is 1. The third-order valence-electron chi connectivity index (χ3n) is 4.19. The van der Waals surface area contributed by atoms with Crippen molar-refractivity contribution < 1.29 is 4.79 Å². The maximum atomic E-state index is 12.3. The lowest BCUT2D eigenvalue weighted by Gasteiger charge is -2.28. The van der Waals surface area contributed by atoms with Gasteiger partial charge in [0.1, 0.15) is 5.82 Å². The molecule has 0 aliphatic carbocycles. The van der Waals surface area contributed by atoms with Gasteiger partial charge in [-0.25, -0.2) is 9.97 Å². The minimum absolute atomic E-state index is 0.173. The number of benzene rings is 1. The number of carbonyl (C=O) groups is 1. The number of aromatic nitrogens is 2. The number of anilines is 2. The highest BCUT2D eigenvalue weighted by atomic mass is 16.1.